The zero-order valence-electron chi connectivity index (χ0n) is 9.63. The third kappa shape index (κ3) is 2.59. The van der Waals surface area contributed by atoms with Crippen LogP contribution in [0.15, 0.2) is 17.0 Å². The molecule has 0 saturated carbocycles. The fraction of sp³-hybridized carbons (Fsp3) is 0.417. The smallest absolute Gasteiger partial charge is 0.245 e. The minimum Gasteiger partial charge on any atom is -0.324 e. The standard InChI is InChI=1S/C12H15ClN2OS/c1-2-3-4-17-10-6-9-7(5-8(10)13)11(14)12(16)15-9/h5-6,11H,2-4,14H2,1H3,(H,15,16). The molecule has 0 fully saturated rings. The maximum absolute atomic E-state index is 11.4. The van der Waals surface area contributed by atoms with Crippen molar-refractivity contribution >= 4 is 35.0 Å². The van der Waals surface area contributed by atoms with Crippen molar-refractivity contribution in [1.29, 1.82) is 0 Å². The fourth-order valence-corrected chi connectivity index (χ4v) is 3.11. The number of halogens is 1. The highest BCUT2D eigenvalue weighted by Crippen LogP contribution is 2.38. The van der Waals surface area contributed by atoms with Gasteiger partial charge in [-0.2, -0.15) is 0 Å². The van der Waals surface area contributed by atoms with Crippen LogP contribution in [0.3, 0.4) is 0 Å². The van der Waals surface area contributed by atoms with Crippen LogP contribution in [0.5, 0.6) is 0 Å². The average molecular weight is 271 g/mol. The number of nitrogens with two attached hydrogens (primary N) is 1. The summed E-state index contributed by atoms with van der Waals surface area (Å²) in [5.74, 6) is 0.876. The maximum Gasteiger partial charge on any atom is 0.245 e. The van der Waals surface area contributed by atoms with E-state index in [1.807, 2.05) is 6.07 Å². The second kappa shape index (κ2) is 5.29. The van der Waals surface area contributed by atoms with Crippen LogP contribution in [0, 0.1) is 0 Å². The van der Waals surface area contributed by atoms with Gasteiger partial charge in [0.15, 0.2) is 0 Å². The predicted molar refractivity (Wildman–Crippen MR) is 72.6 cm³/mol. The molecule has 0 aromatic heterocycles. The van der Waals surface area contributed by atoms with E-state index >= 15 is 0 Å². The number of anilines is 1. The summed E-state index contributed by atoms with van der Waals surface area (Å²) in [6, 6.07) is 3.13. The van der Waals surface area contributed by atoms with E-state index in [-0.39, 0.29) is 5.91 Å². The number of nitrogens with one attached hydrogen (secondary N) is 1. The third-order valence-electron chi connectivity index (χ3n) is 2.73. The average Bonchev–Trinajstić information content (AvgIpc) is 2.56. The first-order valence-electron chi connectivity index (χ1n) is 5.66. The summed E-state index contributed by atoms with van der Waals surface area (Å²) in [5, 5.41) is 3.45. The Kier molecular flexibility index (Phi) is 3.97. The van der Waals surface area contributed by atoms with Crippen LogP contribution < -0.4 is 11.1 Å². The number of carbonyl (C=O) groups excluding carboxylic acids is 1. The topological polar surface area (TPSA) is 55.1 Å². The van der Waals surface area contributed by atoms with Crippen LogP contribution in [0.4, 0.5) is 5.69 Å². The molecular formula is C12H15ClN2OS. The monoisotopic (exact) mass is 270 g/mol. The van der Waals surface area contributed by atoms with Gasteiger partial charge in [-0.15, -0.1) is 11.8 Å². The molecule has 1 aromatic carbocycles. The summed E-state index contributed by atoms with van der Waals surface area (Å²) in [5.41, 5.74) is 7.34. The molecule has 17 heavy (non-hydrogen) atoms. The molecular weight excluding hydrogens is 256 g/mol. The van der Waals surface area contributed by atoms with E-state index < -0.39 is 6.04 Å². The van der Waals surface area contributed by atoms with E-state index in [1.54, 1.807) is 17.8 Å². The molecule has 5 heteroatoms. The van der Waals surface area contributed by atoms with Gasteiger partial charge in [0.25, 0.3) is 0 Å². The Hall–Kier alpha value is -0.710. The molecule has 0 saturated heterocycles. The van der Waals surface area contributed by atoms with E-state index in [1.165, 1.54) is 0 Å². The number of unbranched alkanes of at least 4 members (excludes halogenated alkanes) is 1. The van der Waals surface area contributed by atoms with Crippen molar-refractivity contribution in [3.63, 3.8) is 0 Å². The largest absolute Gasteiger partial charge is 0.324 e. The Bertz CT molecular complexity index is 450. The third-order valence-corrected chi connectivity index (χ3v) is 4.30. The first-order chi connectivity index (χ1) is 8.13. The zero-order chi connectivity index (χ0) is 12.4. The molecule has 0 spiro atoms. The molecule has 1 aliphatic heterocycles. The Balaban J connectivity index is 2.21. The Labute approximate surface area is 110 Å². The number of carbonyl (C=O) groups is 1. The molecule has 3 nitrogen and oxygen atoms in total. The van der Waals surface area contributed by atoms with Crippen molar-refractivity contribution in [2.75, 3.05) is 11.1 Å². The molecule has 1 unspecified atom stereocenters. The summed E-state index contributed by atoms with van der Waals surface area (Å²) in [4.78, 5) is 12.4. The summed E-state index contributed by atoms with van der Waals surface area (Å²) in [6.45, 7) is 2.16. The highest BCUT2D eigenvalue weighted by Gasteiger charge is 2.28. The lowest BCUT2D eigenvalue weighted by molar-refractivity contribution is -0.116. The summed E-state index contributed by atoms with van der Waals surface area (Å²) < 4.78 is 0. The lowest BCUT2D eigenvalue weighted by Crippen LogP contribution is -2.19. The fourth-order valence-electron chi connectivity index (χ4n) is 1.72. The van der Waals surface area contributed by atoms with Crippen molar-refractivity contribution in [1.82, 2.24) is 0 Å². The van der Waals surface area contributed by atoms with Gasteiger partial charge in [-0.25, -0.2) is 0 Å². The summed E-state index contributed by atoms with van der Waals surface area (Å²) in [6.07, 6.45) is 2.32. The number of hydrogen-bond acceptors (Lipinski definition) is 3. The molecule has 0 radical (unpaired) electrons. The van der Waals surface area contributed by atoms with Crippen LogP contribution in [0.2, 0.25) is 5.02 Å². The first kappa shape index (κ1) is 12.7. The van der Waals surface area contributed by atoms with E-state index in [0.29, 0.717) is 5.02 Å². The number of fused-ring (bicyclic) bond motifs is 1. The van der Waals surface area contributed by atoms with Crippen molar-refractivity contribution < 1.29 is 4.79 Å². The minimum atomic E-state index is -0.586. The van der Waals surface area contributed by atoms with Gasteiger partial charge < -0.3 is 11.1 Å². The summed E-state index contributed by atoms with van der Waals surface area (Å²) >= 11 is 7.90. The molecule has 1 aliphatic rings. The van der Waals surface area contributed by atoms with Gasteiger partial charge in [0.05, 0.1) is 5.02 Å². The molecule has 1 aromatic rings. The quantitative estimate of drug-likeness (QED) is 0.653. The van der Waals surface area contributed by atoms with Crippen molar-refractivity contribution in [2.24, 2.45) is 5.73 Å². The normalized spacial score (nSPS) is 18.1. The number of amides is 1. The molecule has 0 aliphatic carbocycles. The number of thioether (sulfide) groups is 1. The van der Waals surface area contributed by atoms with Gasteiger partial charge in [-0.1, -0.05) is 24.9 Å². The highest BCUT2D eigenvalue weighted by molar-refractivity contribution is 7.99. The SMILES string of the molecule is CCCCSc1cc2c(cc1Cl)C(N)C(=O)N2. The Morgan fingerprint density at radius 2 is 2.29 bits per heavy atom. The second-order valence-electron chi connectivity index (χ2n) is 4.04. The van der Waals surface area contributed by atoms with Crippen molar-refractivity contribution in [3.8, 4) is 0 Å². The summed E-state index contributed by atoms with van der Waals surface area (Å²) in [7, 11) is 0. The van der Waals surface area contributed by atoms with Crippen molar-refractivity contribution in [2.45, 2.75) is 30.7 Å². The van der Waals surface area contributed by atoms with Crippen LogP contribution in [-0.2, 0) is 4.79 Å². The van der Waals surface area contributed by atoms with E-state index in [0.717, 1.165) is 34.7 Å². The molecule has 3 N–H and O–H groups in total. The Morgan fingerprint density at radius 1 is 1.53 bits per heavy atom. The molecule has 0 bridgehead atoms. The molecule has 2 rings (SSSR count). The predicted octanol–water partition coefficient (Wildman–Crippen LogP) is 3.18. The minimum absolute atomic E-state index is 0.160. The zero-order valence-corrected chi connectivity index (χ0v) is 11.2. The lowest BCUT2D eigenvalue weighted by Gasteiger charge is -2.07. The number of benzene rings is 1. The van der Waals surface area contributed by atoms with E-state index in [9.17, 15) is 4.79 Å². The Morgan fingerprint density at radius 3 is 3.00 bits per heavy atom. The van der Waals surface area contributed by atoms with Gasteiger partial charge in [0.2, 0.25) is 5.91 Å². The first-order valence-corrected chi connectivity index (χ1v) is 7.02. The van der Waals surface area contributed by atoms with Crippen molar-refractivity contribution in [3.05, 3.63) is 22.7 Å². The molecule has 1 heterocycles. The number of hydrogen-bond donors (Lipinski definition) is 2. The van der Waals surface area contributed by atoms with E-state index in [4.69, 9.17) is 17.3 Å². The lowest BCUT2D eigenvalue weighted by atomic mass is 10.1. The molecule has 92 valence electrons. The number of rotatable bonds is 4. The van der Waals surface area contributed by atoms with E-state index in [2.05, 4.69) is 12.2 Å². The van der Waals surface area contributed by atoms with Crippen LogP contribution in [0.25, 0.3) is 0 Å². The van der Waals surface area contributed by atoms with Crippen LogP contribution in [-0.4, -0.2) is 11.7 Å². The van der Waals surface area contributed by atoms with Gasteiger partial charge in [0, 0.05) is 16.1 Å². The van der Waals surface area contributed by atoms with Crippen LogP contribution >= 0.6 is 23.4 Å². The van der Waals surface area contributed by atoms with Gasteiger partial charge in [-0.3, -0.25) is 4.79 Å². The molecule has 1 amide bonds. The maximum atomic E-state index is 11.4. The van der Waals surface area contributed by atoms with Crippen LogP contribution in [0.1, 0.15) is 31.4 Å². The highest BCUT2D eigenvalue weighted by atomic mass is 35.5. The van der Waals surface area contributed by atoms with Gasteiger partial charge in [0.1, 0.15) is 6.04 Å². The van der Waals surface area contributed by atoms with Gasteiger partial charge in [-0.05, 0) is 24.3 Å². The second-order valence-corrected chi connectivity index (χ2v) is 5.58. The van der Waals surface area contributed by atoms with Gasteiger partial charge >= 0.3 is 0 Å². The molecule has 1 atom stereocenters.